The first-order valence-corrected chi connectivity index (χ1v) is 9.70. The number of likely N-dealkylation sites (tertiary alicyclic amines) is 1. The quantitative estimate of drug-likeness (QED) is 0.411. The summed E-state index contributed by atoms with van der Waals surface area (Å²) in [5.41, 5.74) is -0.908. The number of aromatic nitrogens is 1. The van der Waals surface area contributed by atoms with Crippen LogP contribution < -0.4 is 10.6 Å². The second kappa shape index (κ2) is 9.77. The molecule has 0 spiro atoms. The molecule has 0 atom stereocenters. The van der Waals surface area contributed by atoms with Crippen LogP contribution in [0.1, 0.15) is 30.0 Å². The van der Waals surface area contributed by atoms with E-state index in [-0.39, 0.29) is 6.54 Å². The van der Waals surface area contributed by atoms with Crippen molar-refractivity contribution in [2.75, 3.05) is 33.2 Å². The number of rotatable bonds is 6. The van der Waals surface area contributed by atoms with Crippen molar-refractivity contribution in [3.63, 3.8) is 0 Å². The second-order valence-electron chi connectivity index (χ2n) is 6.60. The predicted molar refractivity (Wildman–Crippen MR) is 95.2 cm³/mol. The van der Waals surface area contributed by atoms with Crippen molar-refractivity contribution in [3.05, 3.63) is 16.1 Å². The van der Waals surface area contributed by atoms with Gasteiger partial charge in [-0.25, -0.2) is 4.98 Å². The highest BCUT2D eigenvalue weighted by Crippen LogP contribution is 2.30. The third-order valence-corrected chi connectivity index (χ3v) is 5.28. The van der Waals surface area contributed by atoms with E-state index in [2.05, 4.69) is 20.6 Å². The van der Waals surface area contributed by atoms with Crippen molar-refractivity contribution >= 4 is 17.3 Å². The lowest BCUT2D eigenvalue weighted by atomic mass is 9.93. The molecule has 1 fully saturated rings. The van der Waals surface area contributed by atoms with E-state index in [1.807, 2.05) is 0 Å². The lowest BCUT2D eigenvalue weighted by Crippen LogP contribution is -2.41. The Labute approximate surface area is 163 Å². The van der Waals surface area contributed by atoms with Gasteiger partial charge in [0.15, 0.2) is 11.7 Å². The Bertz CT molecular complexity index is 634. The monoisotopic (exact) mass is 431 g/mol. The van der Waals surface area contributed by atoms with Gasteiger partial charge in [-0.1, -0.05) is 0 Å². The summed E-state index contributed by atoms with van der Waals surface area (Å²) in [6.07, 6.45) is -6.41. The normalized spacial score (nSPS) is 17.8. The highest BCUT2D eigenvalue weighted by molar-refractivity contribution is 7.09. The molecule has 5 nitrogen and oxygen atoms in total. The number of aliphatic imine (C=N–C) groups is 1. The van der Waals surface area contributed by atoms with Crippen LogP contribution in [0.3, 0.4) is 0 Å². The molecule has 1 aromatic rings. The molecule has 1 aliphatic rings. The van der Waals surface area contributed by atoms with Crippen LogP contribution in [0.4, 0.5) is 26.3 Å². The molecule has 0 amide bonds. The number of guanidine groups is 1. The highest BCUT2D eigenvalue weighted by Gasteiger charge is 2.34. The van der Waals surface area contributed by atoms with E-state index in [9.17, 15) is 26.3 Å². The molecule has 160 valence electrons. The van der Waals surface area contributed by atoms with Gasteiger partial charge in [0.1, 0.15) is 5.01 Å². The summed E-state index contributed by atoms with van der Waals surface area (Å²) in [7, 11) is 1.55. The lowest BCUT2D eigenvalue weighted by molar-refractivity contribution is -0.148. The molecule has 2 rings (SSSR count). The molecule has 0 unspecified atom stereocenters. The van der Waals surface area contributed by atoms with Crippen LogP contribution in [-0.2, 0) is 12.7 Å². The van der Waals surface area contributed by atoms with E-state index in [0.717, 1.165) is 23.1 Å². The number of nitrogens with one attached hydrogen (secondary N) is 2. The minimum atomic E-state index is -4.45. The summed E-state index contributed by atoms with van der Waals surface area (Å²) in [5.74, 6) is 0.779. The Hall–Kier alpha value is -1.56. The predicted octanol–water partition coefficient (Wildman–Crippen LogP) is 3.49. The summed E-state index contributed by atoms with van der Waals surface area (Å²) >= 11 is 0.918. The average Bonchev–Trinajstić information content (AvgIpc) is 3.07. The summed E-state index contributed by atoms with van der Waals surface area (Å²) < 4.78 is 74.8. The van der Waals surface area contributed by atoms with Crippen molar-refractivity contribution in [1.29, 1.82) is 0 Å². The largest absolute Gasteiger partial charge is 0.434 e. The lowest BCUT2D eigenvalue weighted by Gasteiger charge is -2.32. The van der Waals surface area contributed by atoms with Crippen LogP contribution >= 0.6 is 11.3 Å². The van der Waals surface area contributed by atoms with Crippen LogP contribution in [0.15, 0.2) is 10.4 Å². The molecule has 1 aromatic heterocycles. The summed E-state index contributed by atoms with van der Waals surface area (Å²) in [6.45, 7) is 0.707. The number of nitrogens with zero attached hydrogens (tertiary/aromatic N) is 3. The number of alkyl halides is 6. The zero-order valence-electron chi connectivity index (χ0n) is 15.3. The molecule has 1 aliphatic heterocycles. The molecule has 12 heteroatoms. The molecule has 0 aliphatic carbocycles. The summed E-state index contributed by atoms with van der Waals surface area (Å²) in [4.78, 5) is 8.97. The smallest absolute Gasteiger partial charge is 0.356 e. The Morgan fingerprint density at radius 3 is 2.43 bits per heavy atom. The van der Waals surface area contributed by atoms with Gasteiger partial charge >= 0.3 is 12.4 Å². The van der Waals surface area contributed by atoms with Gasteiger partial charge in [-0.15, -0.1) is 11.3 Å². The zero-order valence-corrected chi connectivity index (χ0v) is 16.1. The maximum atomic E-state index is 12.5. The molecular weight excluding hydrogens is 408 g/mol. The number of thiazole rings is 1. The number of hydrogen-bond acceptors (Lipinski definition) is 4. The second-order valence-corrected chi connectivity index (χ2v) is 7.54. The van der Waals surface area contributed by atoms with Crippen LogP contribution in [0.2, 0.25) is 0 Å². The van der Waals surface area contributed by atoms with Crippen molar-refractivity contribution < 1.29 is 26.3 Å². The van der Waals surface area contributed by atoms with Gasteiger partial charge in [0, 0.05) is 19.0 Å². The highest BCUT2D eigenvalue weighted by atomic mass is 32.1. The number of hydrogen-bond donors (Lipinski definition) is 2. The molecule has 0 bridgehead atoms. The Balaban J connectivity index is 1.66. The van der Waals surface area contributed by atoms with Crippen LogP contribution in [0.5, 0.6) is 0 Å². The topological polar surface area (TPSA) is 52.6 Å². The van der Waals surface area contributed by atoms with Crippen LogP contribution in [0.25, 0.3) is 0 Å². The Kier molecular flexibility index (Phi) is 7.93. The van der Waals surface area contributed by atoms with E-state index in [1.165, 1.54) is 4.90 Å². The molecule has 1 saturated heterocycles. The average molecular weight is 431 g/mol. The van der Waals surface area contributed by atoms with Crippen molar-refractivity contribution in [1.82, 2.24) is 20.5 Å². The molecule has 0 radical (unpaired) electrons. The van der Waals surface area contributed by atoms with Gasteiger partial charge < -0.3 is 10.6 Å². The Morgan fingerprint density at radius 2 is 1.89 bits per heavy atom. The minimum Gasteiger partial charge on any atom is -0.356 e. The van der Waals surface area contributed by atoms with Crippen LogP contribution in [-0.4, -0.2) is 55.2 Å². The van der Waals surface area contributed by atoms with Gasteiger partial charge in [-0.3, -0.25) is 9.89 Å². The van der Waals surface area contributed by atoms with E-state index in [0.29, 0.717) is 49.4 Å². The molecule has 0 aromatic carbocycles. The first-order valence-electron chi connectivity index (χ1n) is 8.82. The van der Waals surface area contributed by atoms with Crippen molar-refractivity contribution in [3.8, 4) is 0 Å². The van der Waals surface area contributed by atoms with Gasteiger partial charge in [-0.05, 0) is 38.3 Å². The van der Waals surface area contributed by atoms with Gasteiger partial charge in [0.05, 0.1) is 13.1 Å². The molecule has 2 heterocycles. The van der Waals surface area contributed by atoms with E-state index in [1.54, 1.807) is 7.05 Å². The molecule has 28 heavy (non-hydrogen) atoms. The van der Waals surface area contributed by atoms with E-state index in [4.69, 9.17) is 0 Å². The van der Waals surface area contributed by atoms with E-state index < -0.39 is 24.6 Å². The first-order chi connectivity index (χ1) is 13.1. The van der Waals surface area contributed by atoms with Crippen LogP contribution in [0, 0.1) is 5.92 Å². The molecule has 2 N–H and O–H groups in total. The SMILES string of the molecule is CN=C(NCCC1CCN(CC(F)(F)F)CC1)NCc1nc(C(F)(F)F)cs1. The fraction of sp³-hybridized carbons (Fsp3) is 0.750. The van der Waals surface area contributed by atoms with Crippen molar-refractivity contribution in [2.45, 2.75) is 38.2 Å². The fourth-order valence-corrected chi connectivity index (χ4v) is 3.72. The van der Waals surface area contributed by atoms with Crippen molar-refractivity contribution in [2.24, 2.45) is 10.9 Å². The number of halogens is 6. The maximum absolute atomic E-state index is 12.5. The maximum Gasteiger partial charge on any atom is 0.434 e. The van der Waals surface area contributed by atoms with E-state index >= 15 is 0 Å². The first kappa shape index (κ1) is 22.7. The number of piperidine rings is 1. The minimum absolute atomic E-state index is 0.121. The van der Waals surface area contributed by atoms with Gasteiger partial charge in [-0.2, -0.15) is 26.3 Å². The Morgan fingerprint density at radius 1 is 1.21 bits per heavy atom. The summed E-state index contributed by atoms with van der Waals surface area (Å²) in [6, 6.07) is 0. The fourth-order valence-electron chi connectivity index (χ4n) is 2.98. The van der Waals surface area contributed by atoms with Gasteiger partial charge in [0.25, 0.3) is 0 Å². The van der Waals surface area contributed by atoms with Gasteiger partial charge in [0.2, 0.25) is 0 Å². The third-order valence-electron chi connectivity index (χ3n) is 4.43. The third kappa shape index (κ3) is 7.82. The standard InChI is InChI=1S/C16H23F6N5S/c1-23-14(25-8-13-26-12(9-28-13)16(20,21)22)24-5-2-11-3-6-27(7-4-11)10-15(17,18)19/h9,11H,2-8,10H2,1H3,(H2,23,24,25). The molecule has 0 saturated carbocycles. The zero-order chi connectivity index (χ0) is 20.8. The summed E-state index contributed by atoms with van der Waals surface area (Å²) in [5, 5.41) is 7.25. The molecular formula is C16H23F6N5S.